The van der Waals surface area contributed by atoms with Gasteiger partial charge in [0.25, 0.3) is 0 Å². The molecule has 2 unspecified atom stereocenters. The molecule has 0 saturated heterocycles. The van der Waals surface area contributed by atoms with Crippen LogP contribution in [0.4, 0.5) is 0 Å². The third kappa shape index (κ3) is 13.6. The van der Waals surface area contributed by atoms with Crippen LogP contribution >= 0.6 is 0 Å². The Morgan fingerprint density at radius 3 is 1.65 bits per heavy atom. The van der Waals surface area contributed by atoms with Crippen molar-refractivity contribution in [2.24, 2.45) is 5.92 Å². The van der Waals surface area contributed by atoms with Crippen molar-refractivity contribution in [3.8, 4) is 0 Å². The summed E-state index contributed by atoms with van der Waals surface area (Å²) in [4.78, 5) is 48.4. The molecule has 0 aromatic heterocycles. The van der Waals surface area contributed by atoms with Crippen molar-refractivity contribution in [1.82, 2.24) is 0 Å². The Kier molecular flexibility index (Phi) is 18.0. The minimum atomic E-state index is -2.49. The van der Waals surface area contributed by atoms with Crippen molar-refractivity contribution in [2.45, 2.75) is 129 Å². The number of esters is 2. The van der Waals surface area contributed by atoms with E-state index in [0.29, 0.717) is 12.8 Å². The Balaban J connectivity index is 5.23. The lowest BCUT2D eigenvalue weighted by molar-refractivity contribution is -0.195. The molecule has 2 N–H and O–H groups in total. The van der Waals surface area contributed by atoms with Gasteiger partial charge < -0.3 is 19.7 Å². The first kappa shape index (κ1) is 31.9. The normalized spacial score (nSPS) is 13.6. The number of aliphatic carboxylic acids is 2. The van der Waals surface area contributed by atoms with E-state index in [1.54, 1.807) is 0 Å². The first-order valence-corrected chi connectivity index (χ1v) is 13.0. The smallest absolute Gasteiger partial charge is 0.349 e. The highest BCUT2D eigenvalue weighted by Gasteiger charge is 2.54. The van der Waals surface area contributed by atoms with E-state index >= 15 is 0 Å². The van der Waals surface area contributed by atoms with Crippen LogP contribution in [0.15, 0.2) is 0 Å². The molecule has 0 rings (SSSR count). The summed E-state index contributed by atoms with van der Waals surface area (Å²) in [5.41, 5.74) is -2.49. The molecule has 0 saturated carbocycles. The second-order valence-electron chi connectivity index (χ2n) is 9.11. The van der Waals surface area contributed by atoms with E-state index in [9.17, 15) is 29.4 Å². The molecular weight excluding hydrogens is 440 g/mol. The first-order valence-electron chi connectivity index (χ1n) is 13.0. The van der Waals surface area contributed by atoms with Crippen LogP contribution in [0.3, 0.4) is 0 Å². The monoisotopic (exact) mass is 486 g/mol. The lowest BCUT2D eigenvalue weighted by Gasteiger charge is -2.34. The van der Waals surface area contributed by atoms with Crippen LogP contribution < -0.4 is 0 Å². The molecule has 0 aliphatic rings. The molecule has 8 heteroatoms. The Bertz CT molecular complexity index is 586. The van der Waals surface area contributed by atoms with Crippen LogP contribution in [0.2, 0.25) is 0 Å². The van der Waals surface area contributed by atoms with Crippen molar-refractivity contribution in [2.75, 3.05) is 6.61 Å². The Hall–Kier alpha value is -2.12. The molecule has 34 heavy (non-hydrogen) atoms. The van der Waals surface area contributed by atoms with E-state index < -0.39 is 41.8 Å². The van der Waals surface area contributed by atoms with E-state index in [1.165, 1.54) is 19.3 Å². The van der Waals surface area contributed by atoms with Gasteiger partial charge in [-0.2, -0.15) is 0 Å². The molecule has 2 atom stereocenters. The number of hydrogen-bond donors (Lipinski definition) is 2. The number of carbonyl (C=O) groups is 4. The topological polar surface area (TPSA) is 127 Å². The number of carboxylic acid groups (broad SMARTS) is 2. The van der Waals surface area contributed by atoms with Gasteiger partial charge in [-0.25, -0.2) is 4.79 Å². The van der Waals surface area contributed by atoms with Crippen LogP contribution in [0.1, 0.15) is 124 Å². The molecule has 8 nitrogen and oxygen atoms in total. The van der Waals surface area contributed by atoms with E-state index in [2.05, 4.69) is 13.8 Å². The van der Waals surface area contributed by atoms with Crippen LogP contribution in [-0.4, -0.2) is 46.3 Å². The number of carbonyl (C=O) groups excluding carboxylic acids is 2. The quantitative estimate of drug-likeness (QED) is 0.143. The number of rotatable bonds is 22. The van der Waals surface area contributed by atoms with Crippen LogP contribution in [0, 0.1) is 5.92 Å². The van der Waals surface area contributed by atoms with Gasteiger partial charge >= 0.3 is 23.9 Å². The third-order valence-electron chi connectivity index (χ3n) is 6.04. The van der Waals surface area contributed by atoms with Crippen LogP contribution in [0.25, 0.3) is 0 Å². The first-order chi connectivity index (χ1) is 16.2. The van der Waals surface area contributed by atoms with Gasteiger partial charge in [0, 0.05) is 6.92 Å². The maximum atomic E-state index is 13.0. The predicted octanol–water partition coefficient (Wildman–Crippen LogP) is 5.90. The molecular formula is C26H46O8. The van der Waals surface area contributed by atoms with Crippen molar-refractivity contribution in [3.05, 3.63) is 0 Å². The van der Waals surface area contributed by atoms with Gasteiger partial charge in [0.15, 0.2) is 0 Å². The van der Waals surface area contributed by atoms with Crippen molar-refractivity contribution < 1.29 is 38.9 Å². The maximum Gasteiger partial charge on any atom is 0.349 e. The summed E-state index contributed by atoms with van der Waals surface area (Å²) in [5, 5.41) is 19.3. The minimum absolute atomic E-state index is 0.0805. The Morgan fingerprint density at radius 2 is 1.21 bits per heavy atom. The average Bonchev–Trinajstić information content (AvgIpc) is 2.76. The summed E-state index contributed by atoms with van der Waals surface area (Å²) in [6.45, 7) is 5.42. The highest BCUT2D eigenvalue weighted by molar-refractivity contribution is 5.92. The average molecular weight is 487 g/mol. The summed E-state index contributed by atoms with van der Waals surface area (Å²) in [6, 6.07) is 0. The van der Waals surface area contributed by atoms with Crippen molar-refractivity contribution in [1.29, 1.82) is 0 Å². The van der Waals surface area contributed by atoms with Gasteiger partial charge in [-0.1, -0.05) is 97.3 Å². The molecule has 198 valence electrons. The minimum Gasteiger partial charge on any atom is -0.481 e. The maximum absolute atomic E-state index is 13.0. The molecule has 0 amide bonds. The Morgan fingerprint density at radius 1 is 0.735 bits per heavy atom. The van der Waals surface area contributed by atoms with Gasteiger partial charge in [0.2, 0.25) is 5.60 Å². The summed E-state index contributed by atoms with van der Waals surface area (Å²) in [7, 11) is 0. The molecule has 0 aromatic carbocycles. The lowest BCUT2D eigenvalue weighted by Crippen LogP contribution is -2.54. The lowest BCUT2D eigenvalue weighted by atomic mass is 9.80. The highest BCUT2D eigenvalue weighted by atomic mass is 16.6. The highest BCUT2D eigenvalue weighted by Crippen LogP contribution is 2.33. The zero-order valence-electron chi connectivity index (χ0n) is 21.4. The standard InChI is InChI=1S/C26H46O8/c1-4-6-8-10-12-13-14-16-18-22(24(30)33-19-17-15-11-9-7-5-2)26(25(31)32,20-23(28)29)34-21(3)27/h22H,4-20H2,1-3H3,(H,28,29)(H,31,32). The van der Waals surface area contributed by atoms with Gasteiger partial charge in [-0.05, 0) is 12.8 Å². The van der Waals surface area contributed by atoms with E-state index in [4.69, 9.17) is 9.47 Å². The second-order valence-corrected chi connectivity index (χ2v) is 9.11. The second kappa shape index (κ2) is 19.2. The summed E-state index contributed by atoms with van der Waals surface area (Å²) in [6.07, 6.45) is 13.0. The summed E-state index contributed by atoms with van der Waals surface area (Å²) >= 11 is 0. The molecule has 0 fully saturated rings. The van der Waals surface area contributed by atoms with Crippen LogP contribution in [-0.2, 0) is 28.7 Å². The molecule has 0 spiro atoms. The molecule has 0 aromatic rings. The third-order valence-corrected chi connectivity index (χ3v) is 6.04. The SMILES string of the molecule is CCCCCCCCCCC(C(=O)OCCCCCCCC)C(CC(=O)O)(OC(C)=O)C(=O)O. The van der Waals surface area contributed by atoms with Crippen molar-refractivity contribution >= 4 is 23.9 Å². The fourth-order valence-corrected chi connectivity index (χ4v) is 4.16. The number of hydrogen-bond acceptors (Lipinski definition) is 6. The fraction of sp³-hybridized carbons (Fsp3) is 0.846. The number of ether oxygens (including phenoxy) is 2. The molecule has 0 radical (unpaired) electrons. The van der Waals surface area contributed by atoms with E-state index in [-0.39, 0.29) is 13.0 Å². The molecule has 0 aliphatic heterocycles. The van der Waals surface area contributed by atoms with Gasteiger partial charge in [-0.3, -0.25) is 14.4 Å². The Labute approximate surface area is 204 Å². The van der Waals surface area contributed by atoms with Gasteiger partial charge in [0.1, 0.15) is 5.92 Å². The van der Waals surface area contributed by atoms with E-state index in [0.717, 1.165) is 64.7 Å². The number of carboxylic acids is 2. The van der Waals surface area contributed by atoms with Crippen LogP contribution in [0.5, 0.6) is 0 Å². The zero-order chi connectivity index (χ0) is 25.8. The van der Waals surface area contributed by atoms with Crippen molar-refractivity contribution in [3.63, 3.8) is 0 Å². The predicted molar refractivity (Wildman–Crippen MR) is 129 cm³/mol. The summed E-state index contributed by atoms with van der Waals surface area (Å²) in [5.74, 6) is -6.26. The largest absolute Gasteiger partial charge is 0.481 e. The van der Waals surface area contributed by atoms with E-state index in [1.807, 2.05) is 0 Å². The molecule has 0 aliphatic carbocycles. The molecule has 0 heterocycles. The fourth-order valence-electron chi connectivity index (χ4n) is 4.16. The van der Waals surface area contributed by atoms with Gasteiger partial charge in [0.05, 0.1) is 13.0 Å². The molecule has 0 bridgehead atoms. The van der Waals surface area contributed by atoms with Gasteiger partial charge in [-0.15, -0.1) is 0 Å². The number of unbranched alkanes of at least 4 members (excludes halogenated alkanes) is 12. The zero-order valence-corrected chi connectivity index (χ0v) is 21.4. The summed E-state index contributed by atoms with van der Waals surface area (Å²) < 4.78 is 10.4.